The van der Waals surface area contributed by atoms with Crippen molar-refractivity contribution in [2.75, 3.05) is 25.6 Å². The molecule has 144 valence electrons. The second-order valence-electron chi connectivity index (χ2n) is 6.44. The van der Waals surface area contributed by atoms with Gasteiger partial charge >= 0.3 is 0 Å². The Labute approximate surface area is 165 Å². The molecule has 0 spiro atoms. The third kappa shape index (κ3) is 5.30. The molecule has 0 aliphatic rings. The molecule has 1 aromatic heterocycles. The van der Waals surface area contributed by atoms with Crippen LogP contribution in [-0.2, 0) is 13.0 Å². The third-order valence-corrected chi connectivity index (χ3v) is 4.34. The smallest absolute Gasteiger partial charge is 0.270 e. The molecular weight excluding hydrogens is 352 g/mol. The van der Waals surface area contributed by atoms with Crippen LogP contribution in [0.3, 0.4) is 0 Å². The Hall–Kier alpha value is -3.41. The summed E-state index contributed by atoms with van der Waals surface area (Å²) in [4.78, 5) is 23.0. The van der Waals surface area contributed by atoms with Crippen molar-refractivity contribution in [1.29, 1.82) is 0 Å². The molecule has 1 N–H and O–H groups in total. The molecule has 0 bridgehead atoms. The summed E-state index contributed by atoms with van der Waals surface area (Å²) in [6.45, 7) is 1.20. The highest BCUT2D eigenvalue weighted by Crippen LogP contribution is 2.12. The van der Waals surface area contributed by atoms with Crippen LogP contribution in [0.5, 0.6) is 5.75 Å². The number of aromatic nitrogens is 2. The number of nitrogens with zero attached hydrogens (tertiary/aromatic N) is 3. The molecule has 0 saturated carbocycles. The Morgan fingerprint density at radius 3 is 2.50 bits per heavy atom. The van der Waals surface area contributed by atoms with Crippen molar-refractivity contribution in [3.63, 3.8) is 0 Å². The number of methoxy groups -OCH3 is 1. The molecule has 0 saturated heterocycles. The minimum absolute atomic E-state index is 0.203. The van der Waals surface area contributed by atoms with Gasteiger partial charge in [0.2, 0.25) is 5.95 Å². The molecule has 6 nitrogen and oxygen atoms in total. The lowest BCUT2D eigenvalue weighted by Gasteiger charge is -2.17. The van der Waals surface area contributed by atoms with Crippen LogP contribution in [0.15, 0.2) is 66.9 Å². The van der Waals surface area contributed by atoms with E-state index in [1.807, 2.05) is 66.5 Å². The third-order valence-electron chi connectivity index (χ3n) is 4.34. The Bertz CT molecular complexity index is 898. The molecule has 0 unspecified atom stereocenters. The molecule has 0 atom stereocenters. The van der Waals surface area contributed by atoms with Crippen molar-refractivity contribution in [3.05, 3.63) is 83.7 Å². The number of carbonyl (C=O) groups is 1. The quantitative estimate of drug-likeness (QED) is 0.654. The molecule has 3 aromatic rings. The fourth-order valence-corrected chi connectivity index (χ4v) is 2.79. The molecule has 6 heteroatoms. The maximum absolute atomic E-state index is 12.4. The van der Waals surface area contributed by atoms with Crippen molar-refractivity contribution in [3.8, 4) is 5.75 Å². The molecule has 2 aromatic carbocycles. The molecular formula is C22H24N4O2. The first-order valence-corrected chi connectivity index (χ1v) is 9.15. The number of nitrogens with one attached hydrogen (secondary N) is 1. The van der Waals surface area contributed by atoms with Gasteiger partial charge in [-0.3, -0.25) is 4.79 Å². The standard InChI is InChI=1S/C22H24N4O2/c1-26(16-18-6-4-3-5-7-18)22-24-15-13-20(25-22)21(27)23-14-12-17-8-10-19(28-2)11-9-17/h3-11,13,15H,12,14,16H2,1-2H3,(H,23,27). The van der Waals surface area contributed by atoms with Gasteiger partial charge in [-0.05, 0) is 35.7 Å². The first kappa shape index (κ1) is 19.4. The van der Waals surface area contributed by atoms with E-state index in [9.17, 15) is 4.79 Å². The highest BCUT2D eigenvalue weighted by molar-refractivity contribution is 5.92. The maximum atomic E-state index is 12.4. The largest absolute Gasteiger partial charge is 0.497 e. The molecule has 0 aliphatic heterocycles. The van der Waals surface area contributed by atoms with Crippen molar-refractivity contribution in [1.82, 2.24) is 15.3 Å². The molecule has 0 aliphatic carbocycles. The lowest BCUT2D eigenvalue weighted by molar-refractivity contribution is 0.0949. The maximum Gasteiger partial charge on any atom is 0.270 e. The van der Waals surface area contributed by atoms with Gasteiger partial charge in [-0.25, -0.2) is 9.97 Å². The van der Waals surface area contributed by atoms with Crippen molar-refractivity contribution in [2.45, 2.75) is 13.0 Å². The van der Waals surface area contributed by atoms with Gasteiger partial charge in [-0.2, -0.15) is 0 Å². The van der Waals surface area contributed by atoms with Crippen LogP contribution in [-0.4, -0.2) is 36.6 Å². The first-order valence-electron chi connectivity index (χ1n) is 9.15. The summed E-state index contributed by atoms with van der Waals surface area (Å²) >= 11 is 0. The SMILES string of the molecule is COc1ccc(CCNC(=O)c2ccnc(N(C)Cc3ccccc3)n2)cc1. The summed E-state index contributed by atoms with van der Waals surface area (Å²) in [7, 11) is 3.55. The monoisotopic (exact) mass is 376 g/mol. The fraction of sp³-hybridized carbons (Fsp3) is 0.227. The molecule has 0 fully saturated rings. The van der Waals surface area contributed by atoms with Crippen LogP contribution in [0.4, 0.5) is 5.95 Å². The van der Waals surface area contributed by atoms with Crippen LogP contribution in [0.2, 0.25) is 0 Å². The van der Waals surface area contributed by atoms with Crippen LogP contribution in [0, 0.1) is 0 Å². The minimum atomic E-state index is -0.203. The first-order chi connectivity index (χ1) is 13.7. The number of anilines is 1. The predicted molar refractivity (Wildman–Crippen MR) is 110 cm³/mol. The van der Waals surface area contributed by atoms with Gasteiger partial charge in [0.15, 0.2) is 0 Å². The number of amides is 1. The van der Waals surface area contributed by atoms with Gasteiger partial charge < -0.3 is 15.0 Å². The molecule has 28 heavy (non-hydrogen) atoms. The second kappa shape index (κ2) is 9.50. The van der Waals surface area contributed by atoms with E-state index in [2.05, 4.69) is 15.3 Å². The average molecular weight is 376 g/mol. The molecule has 1 heterocycles. The summed E-state index contributed by atoms with van der Waals surface area (Å²) in [5.41, 5.74) is 2.65. The van der Waals surface area contributed by atoms with Crippen LogP contribution >= 0.6 is 0 Å². The zero-order chi connectivity index (χ0) is 19.8. The van der Waals surface area contributed by atoms with Gasteiger partial charge in [-0.1, -0.05) is 42.5 Å². The van der Waals surface area contributed by atoms with Crippen molar-refractivity contribution < 1.29 is 9.53 Å². The summed E-state index contributed by atoms with van der Waals surface area (Å²) in [6, 6.07) is 19.5. The molecule has 1 amide bonds. The second-order valence-corrected chi connectivity index (χ2v) is 6.44. The summed E-state index contributed by atoms with van der Waals surface area (Å²) < 4.78 is 5.15. The Morgan fingerprint density at radius 1 is 1.04 bits per heavy atom. The van der Waals surface area contributed by atoms with Crippen molar-refractivity contribution in [2.24, 2.45) is 0 Å². The van der Waals surface area contributed by atoms with E-state index in [1.54, 1.807) is 19.4 Å². The van der Waals surface area contributed by atoms with E-state index in [0.29, 0.717) is 24.7 Å². The minimum Gasteiger partial charge on any atom is -0.497 e. The summed E-state index contributed by atoms with van der Waals surface area (Å²) in [6.07, 6.45) is 2.35. The normalized spacial score (nSPS) is 10.4. The van der Waals surface area contributed by atoms with E-state index < -0.39 is 0 Å². The van der Waals surface area contributed by atoms with E-state index in [4.69, 9.17) is 4.74 Å². The van der Waals surface area contributed by atoms with Crippen LogP contribution in [0.25, 0.3) is 0 Å². The van der Waals surface area contributed by atoms with E-state index in [-0.39, 0.29) is 5.91 Å². The number of hydrogen-bond donors (Lipinski definition) is 1. The van der Waals surface area contributed by atoms with E-state index in [1.165, 1.54) is 0 Å². The molecule has 3 rings (SSSR count). The number of carbonyl (C=O) groups excluding carboxylic acids is 1. The Morgan fingerprint density at radius 2 is 1.79 bits per heavy atom. The summed E-state index contributed by atoms with van der Waals surface area (Å²) in [5, 5.41) is 2.91. The highest BCUT2D eigenvalue weighted by Gasteiger charge is 2.11. The van der Waals surface area contributed by atoms with Gasteiger partial charge in [0, 0.05) is 26.3 Å². The zero-order valence-corrected chi connectivity index (χ0v) is 16.1. The van der Waals surface area contributed by atoms with Crippen LogP contribution in [0.1, 0.15) is 21.6 Å². The zero-order valence-electron chi connectivity index (χ0n) is 16.1. The predicted octanol–water partition coefficient (Wildman–Crippen LogP) is 3.09. The lowest BCUT2D eigenvalue weighted by atomic mass is 10.1. The summed E-state index contributed by atoms with van der Waals surface area (Å²) in [5.74, 6) is 1.14. The van der Waals surface area contributed by atoms with E-state index >= 15 is 0 Å². The fourth-order valence-electron chi connectivity index (χ4n) is 2.79. The average Bonchev–Trinajstić information content (AvgIpc) is 2.75. The van der Waals surface area contributed by atoms with Gasteiger partial charge in [0.25, 0.3) is 5.91 Å². The Balaban J connectivity index is 1.55. The number of rotatable bonds is 8. The lowest BCUT2D eigenvalue weighted by Crippen LogP contribution is -2.27. The van der Waals surface area contributed by atoms with E-state index in [0.717, 1.165) is 23.3 Å². The van der Waals surface area contributed by atoms with Gasteiger partial charge in [0.1, 0.15) is 11.4 Å². The van der Waals surface area contributed by atoms with Gasteiger partial charge in [0.05, 0.1) is 7.11 Å². The van der Waals surface area contributed by atoms with Crippen LogP contribution < -0.4 is 15.0 Å². The number of benzene rings is 2. The topological polar surface area (TPSA) is 67.3 Å². The Kier molecular flexibility index (Phi) is 6.57. The highest BCUT2D eigenvalue weighted by atomic mass is 16.5. The molecule has 0 radical (unpaired) electrons. The number of hydrogen-bond acceptors (Lipinski definition) is 5. The number of ether oxygens (including phenoxy) is 1. The van der Waals surface area contributed by atoms with Gasteiger partial charge in [-0.15, -0.1) is 0 Å². The van der Waals surface area contributed by atoms with Crippen molar-refractivity contribution >= 4 is 11.9 Å².